The van der Waals surface area contributed by atoms with Gasteiger partial charge >= 0.3 is 19.8 Å². The lowest BCUT2D eigenvalue weighted by molar-refractivity contribution is -0.149. The van der Waals surface area contributed by atoms with E-state index in [9.17, 15) is 77.6 Å². The number of amides is 8. The molecule has 416 valence electrons. The number of H-pyrrole nitrogens is 1. The van der Waals surface area contributed by atoms with Crippen molar-refractivity contribution in [3.8, 4) is 0 Å². The predicted octanol–water partition coefficient (Wildman–Crippen LogP) is -1.19. The van der Waals surface area contributed by atoms with Crippen molar-refractivity contribution in [3.63, 3.8) is 0 Å². The average molecular weight is 1110 g/mol. The third-order valence-corrected chi connectivity index (χ3v) is 14.4. The van der Waals surface area contributed by atoms with Gasteiger partial charge in [-0.2, -0.15) is 0 Å². The number of phosphoric ester groups is 1. The molecule has 0 radical (unpaired) electrons. The number of benzene rings is 1. The summed E-state index contributed by atoms with van der Waals surface area (Å²) in [6.07, 6.45) is 1.25. The third-order valence-electron chi connectivity index (χ3n) is 12.6. The van der Waals surface area contributed by atoms with E-state index >= 15 is 0 Å². The van der Waals surface area contributed by atoms with E-state index < -0.39 is 134 Å². The highest BCUT2D eigenvalue weighted by molar-refractivity contribution is 7.46. The number of likely N-dealkylation sites (tertiary alicyclic amines) is 2. The smallest absolute Gasteiger partial charge is 0.469 e. The van der Waals surface area contributed by atoms with E-state index in [2.05, 4.69) is 41.1 Å². The van der Waals surface area contributed by atoms with Crippen molar-refractivity contribution in [2.75, 3.05) is 19.7 Å². The van der Waals surface area contributed by atoms with Crippen molar-refractivity contribution in [2.24, 2.45) is 5.92 Å². The number of nitrogens with one attached hydrogen (secondary N) is 7. The van der Waals surface area contributed by atoms with Crippen LogP contribution in [0, 0.1) is 5.92 Å². The Bertz CT molecular complexity index is 2610. The number of imidazole rings is 1. The van der Waals surface area contributed by atoms with E-state index in [4.69, 9.17) is 0 Å². The molecule has 0 saturated carbocycles. The van der Waals surface area contributed by atoms with Crippen molar-refractivity contribution in [2.45, 2.75) is 140 Å². The molecule has 4 heterocycles. The van der Waals surface area contributed by atoms with Crippen molar-refractivity contribution < 1.29 is 82.1 Å². The fourth-order valence-corrected chi connectivity index (χ4v) is 10.5. The fourth-order valence-electron chi connectivity index (χ4n) is 8.85. The van der Waals surface area contributed by atoms with E-state index in [0.717, 1.165) is 28.8 Å². The second-order valence-electron chi connectivity index (χ2n) is 19.0. The summed E-state index contributed by atoms with van der Waals surface area (Å²) >= 11 is 1.52. The van der Waals surface area contributed by atoms with Crippen LogP contribution in [0.1, 0.15) is 83.2 Å². The number of carbonyl (C=O) groups is 10. The van der Waals surface area contributed by atoms with E-state index in [1.165, 1.54) is 33.7 Å². The van der Waals surface area contributed by atoms with Gasteiger partial charge < -0.3 is 71.8 Å². The number of aromatic nitrogens is 2. The largest absolute Gasteiger partial charge is 0.481 e. The summed E-state index contributed by atoms with van der Waals surface area (Å²) in [6.45, 7) is 4.64. The van der Waals surface area contributed by atoms with Crippen molar-refractivity contribution in [3.05, 3.63) is 53.4 Å². The number of hydrogen-bond donors (Lipinski definition) is 12. The second kappa shape index (κ2) is 27.3. The van der Waals surface area contributed by atoms with Gasteiger partial charge in [-0.15, -0.1) is 11.3 Å². The zero-order valence-corrected chi connectivity index (χ0v) is 43.8. The van der Waals surface area contributed by atoms with Gasteiger partial charge in [0.1, 0.15) is 48.3 Å². The molecule has 5 rings (SSSR count). The van der Waals surface area contributed by atoms with Crippen molar-refractivity contribution >= 4 is 88.4 Å². The zero-order valence-electron chi connectivity index (χ0n) is 42.1. The van der Waals surface area contributed by atoms with Gasteiger partial charge in [-0.3, -0.25) is 52.5 Å². The molecule has 0 aliphatic carbocycles. The topological polar surface area (TPSA) is 405 Å². The van der Waals surface area contributed by atoms with E-state index in [1.807, 2.05) is 35.6 Å². The molecule has 1 aromatic carbocycles. The molecule has 8 amide bonds. The molecule has 9 atom stereocenters. The van der Waals surface area contributed by atoms with Crippen LogP contribution in [0.3, 0.4) is 0 Å². The summed E-state index contributed by atoms with van der Waals surface area (Å²) in [4.78, 5) is 163. The Labute approximate surface area is 439 Å². The van der Waals surface area contributed by atoms with Crippen LogP contribution in [-0.2, 0) is 69.9 Å². The molecule has 12 N–H and O–H groups in total. The number of aromatic amines is 1. The quantitative estimate of drug-likeness (QED) is 0.0399. The minimum Gasteiger partial charge on any atom is -0.481 e. The van der Waals surface area contributed by atoms with Crippen LogP contribution in [0.15, 0.2) is 42.9 Å². The number of nitrogens with zero attached hydrogens (tertiary/aromatic N) is 3. The Morgan fingerprint density at radius 1 is 0.803 bits per heavy atom. The SMILES string of the molecule is CC(C)C[C@H](NC(=O)[C@@H]1CCCN1C(=O)[C@@H]1CCCN1C(=O)[C@H](CC(=O)O)NC(=O)CCc1cc2ccccc2s1)C(=O)N[C@@H](Cc1cnc[nH]1)C(=O)N[C@@H](CO)C(=O)N[C@H](C(=O)N[C@@H](C)C(=O)O)[C@@H](C)OP(=O)(O)O. The average Bonchev–Trinajstić information content (AvgIpc) is 4.20. The monoisotopic (exact) mass is 1100 g/mol. The van der Waals surface area contributed by atoms with E-state index in [1.54, 1.807) is 13.8 Å². The van der Waals surface area contributed by atoms with E-state index in [0.29, 0.717) is 25.0 Å². The van der Waals surface area contributed by atoms with Gasteiger partial charge in [-0.05, 0) is 75.8 Å². The highest BCUT2D eigenvalue weighted by atomic mass is 32.1. The van der Waals surface area contributed by atoms with Gasteiger partial charge in [0.05, 0.1) is 25.5 Å². The molecule has 2 aromatic heterocycles. The molecule has 76 heavy (non-hydrogen) atoms. The van der Waals surface area contributed by atoms with Gasteiger partial charge in [0.15, 0.2) is 0 Å². The molecule has 27 nitrogen and oxygen atoms in total. The number of phosphoric acid groups is 1. The maximum atomic E-state index is 14.3. The molecule has 0 spiro atoms. The first-order chi connectivity index (χ1) is 35.8. The summed E-state index contributed by atoms with van der Waals surface area (Å²) in [5, 5.41) is 44.5. The minimum absolute atomic E-state index is 0.0167. The first-order valence-electron chi connectivity index (χ1n) is 24.5. The molecule has 3 aromatic rings. The maximum absolute atomic E-state index is 14.3. The normalized spacial score (nSPS) is 18.4. The Morgan fingerprint density at radius 2 is 1.45 bits per heavy atom. The number of aliphatic hydroxyl groups excluding tert-OH is 1. The minimum atomic E-state index is -5.29. The number of aliphatic carboxylic acids is 2. The summed E-state index contributed by atoms with van der Waals surface area (Å²) < 4.78 is 17.2. The van der Waals surface area contributed by atoms with Gasteiger partial charge in [-0.25, -0.2) is 9.55 Å². The molecule has 29 heteroatoms. The first kappa shape index (κ1) is 60.0. The number of carboxylic acids is 2. The highest BCUT2D eigenvalue weighted by Gasteiger charge is 2.45. The van der Waals surface area contributed by atoms with Crippen LogP contribution in [0.2, 0.25) is 0 Å². The number of fused-ring (bicyclic) bond motifs is 1. The fraction of sp³-hybridized carbons (Fsp3) is 0.553. The number of aliphatic hydroxyl groups is 1. The Balaban J connectivity index is 1.26. The molecular weight excluding hydrogens is 1040 g/mol. The molecule has 0 bridgehead atoms. The van der Waals surface area contributed by atoms with Crippen molar-refractivity contribution in [1.82, 2.24) is 51.7 Å². The lowest BCUT2D eigenvalue weighted by atomic mass is 10.0. The van der Waals surface area contributed by atoms with Gasteiger partial charge in [0, 0.05) is 47.4 Å². The summed E-state index contributed by atoms with van der Waals surface area (Å²) in [5.41, 5.74) is 0.307. The van der Waals surface area contributed by atoms with Gasteiger partial charge in [0.2, 0.25) is 47.3 Å². The number of thiophene rings is 1. The Morgan fingerprint density at radius 3 is 2.07 bits per heavy atom. The molecule has 0 unspecified atom stereocenters. The number of hydrogen-bond acceptors (Lipinski definition) is 15. The van der Waals surface area contributed by atoms with E-state index in [-0.39, 0.29) is 51.1 Å². The third kappa shape index (κ3) is 17.1. The lowest BCUT2D eigenvalue weighted by Crippen LogP contribution is -2.62. The van der Waals surface area contributed by atoms with Gasteiger partial charge in [0.25, 0.3) is 0 Å². The Kier molecular flexibility index (Phi) is 21.5. The summed E-state index contributed by atoms with van der Waals surface area (Å²) in [6, 6.07) is -2.31. The standard InChI is InChI=1S/C47H65N10O17PS/c1-24(2)17-30(40(62)52-31(19-28-21-48-23-49-28)41(63)54-33(22-58)42(64)55-39(26(4)74-75(71,72)73)44(66)50-25(3)47(69)70)53-43(65)34-10-7-15-56(34)46(68)35-11-8-16-57(35)45(67)32(20-38(60)61)51-37(59)14-13-29-18-27-9-5-6-12-36(27)76-29/h5-6,9,12,18,21,23-26,30-35,39,58H,7-8,10-11,13-17,19-20,22H2,1-4H3,(H,48,49)(H,50,66)(H,51,59)(H,52,62)(H,53,65)(H,54,63)(H,55,64)(H,60,61)(H,69,70)(H2,71,72,73)/t25-,26+,30-,31-,32-,33-,34-,35-,39-/m0/s1. The molecule has 2 aliphatic heterocycles. The first-order valence-corrected chi connectivity index (χ1v) is 26.9. The zero-order chi connectivity index (χ0) is 56.0. The number of aryl methyl sites for hydroxylation is 1. The van der Waals surface area contributed by atoms with Crippen LogP contribution in [0.25, 0.3) is 10.1 Å². The molecular formula is C47H65N10O17PS. The molecule has 2 saturated heterocycles. The lowest BCUT2D eigenvalue weighted by Gasteiger charge is -2.33. The summed E-state index contributed by atoms with van der Waals surface area (Å²) in [5.74, 6) is -10.2. The number of carboxylic acid groups (broad SMARTS) is 2. The van der Waals surface area contributed by atoms with Crippen LogP contribution in [0.4, 0.5) is 0 Å². The second-order valence-corrected chi connectivity index (χ2v) is 21.3. The predicted molar refractivity (Wildman–Crippen MR) is 268 cm³/mol. The summed E-state index contributed by atoms with van der Waals surface area (Å²) in [7, 11) is -5.29. The van der Waals surface area contributed by atoms with Crippen molar-refractivity contribution in [1.29, 1.82) is 0 Å². The highest BCUT2D eigenvalue weighted by Crippen LogP contribution is 2.38. The van der Waals surface area contributed by atoms with Gasteiger partial charge in [-0.1, -0.05) is 32.0 Å². The number of rotatable bonds is 27. The maximum Gasteiger partial charge on any atom is 0.469 e. The Hall–Kier alpha value is -6.84. The van der Waals surface area contributed by atoms with Crippen LogP contribution in [0.5, 0.6) is 0 Å². The van der Waals surface area contributed by atoms with Crippen LogP contribution < -0.4 is 31.9 Å². The number of carbonyl (C=O) groups excluding carboxylic acids is 8. The van der Waals surface area contributed by atoms with Crippen LogP contribution >= 0.6 is 19.2 Å². The molecule has 2 aliphatic rings. The molecule has 2 fully saturated rings. The van der Waals surface area contributed by atoms with Crippen LogP contribution in [-0.4, -0.2) is 178 Å².